The van der Waals surface area contributed by atoms with Crippen molar-refractivity contribution in [1.82, 2.24) is 20.9 Å². The minimum atomic E-state index is -0.968. The predicted octanol–water partition coefficient (Wildman–Crippen LogP) is 1.92. The number of phenolic OH excluding ortho intramolecular Hbond substituents is 1. The Morgan fingerprint density at radius 2 is 1.71 bits per heavy atom. The standard InChI is InChI=1S/C32H45N5O5/c1-32(2,3)23-18-22(13-14-27(23)38)20-25-29(40)35-17-15-28(39)34-16-9-8-12-26(30(41)36-25)37(4)31(42)24(33)19-21-10-6-5-7-11-21/h5-7,10-11,13-14,18,24-26,38H,8-9,12,15-17,19-20,33H2,1-4H3,(H,34,39)(H,35,40)(H,36,41)/t24-,25?,26-/m0/s1. The first kappa shape index (κ1) is 32.6. The molecular formula is C32H45N5O5. The molecule has 6 N–H and O–H groups in total. The fraction of sp³-hybridized carbons (Fsp3) is 0.500. The molecule has 0 radical (unpaired) electrons. The second kappa shape index (κ2) is 14.8. The first-order chi connectivity index (χ1) is 19.9. The maximum Gasteiger partial charge on any atom is 0.243 e. The molecule has 10 nitrogen and oxygen atoms in total. The van der Waals surface area contributed by atoms with E-state index in [1.54, 1.807) is 19.2 Å². The van der Waals surface area contributed by atoms with E-state index in [0.29, 0.717) is 32.2 Å². The summed E-state index contributed by atoms with van der Waals surface area (Å²) in [5.74, 6) is -1.27. The van der Waals surface area contributed by atoms with Crippen LogP contribution in [0.5, 0.6) is 5.75 Å². The molecule has 1 fully saturated rings. The summed E-state index contributed by atoms with van der Waals surface area (Å²) in [5.41, 5.74) is 8.34. The number of nitrogens with one attached hydrogen (secondary N) is 3. The fourth-order valence-electron chi connectivity index (χ4n) is 5.10. The molecule has 1 aliphatic rings. The van der Waals surface area contributed by atoms with Gasteiger partial charge in [0, 0.05) is 33.0 Å². The van der Waals surface area contributed by atoms with E-state index < -0.39 is 29.9 Å². The van der Waals surface area contributed by atoms with Gasteiger partial charge >= 0.3 is 0 Å². The molecule has 0 spiro atoms. The SMILES string of the molecule is CN(C(=O)[C@@H](N)Cc1ccccc1)[C@H]1CCCCNC(=O)CCNC(=O)C(Cc2ccc(O)c(C(C)(C)C)c2)NC1=O. The summed E-state index contributed by atoms with van der Waals surface area (Å²) in [5, 5.41) is 18.9. The van der Waals surface area contributed by atoms with Crippen LogP contribution in [0.15, 0.2) is 48.5 Å². The molecular weight excluding hydrogens is 534 g/mol. The lowest BCUT2D eigenvalue weighted by molar-refractivity contribution is -0.141. The van der Waals surface area contributed by atoms with Crippen molar-refractivity contribution in [2.45, 2.75) is 82.8 Å². The number of hydrogen-bond acceptors (Lipinski definition) is 6. The Bertz CT molecular complexity index is 1240. The molecule has 0 bridgehead atoms. The number of amides is 4. The molecule has 1 unspecified atom stereocenters. The first-order valence-electron chi connectivity index (χ1n) is 14.6. The number of aromatic hydroxyl groups is 1. The Hall–Kier alpha value is -3.92. The largest absolute Gasteiger partial charge is 0.508 e. The van der Waals surface area contributed by atoms with Gasteiger partial charge in [-0.2, -0.15) is 0 Å². The molecule has 1 aliphatic heterocycles. The van der Waals surface area contributed by atoms with Crippen molar-refractivity contribution in [3.05, 3.63) is 65.2 Å². The second-order valence-corrected chi connectivity index (χ2v) is 12.0. The fourth-order valence-corrected chi connectivity index (χ4v) is 5.10. The van der Waals surface area contributed by atoms with Gasteiger partial charge in [-0.15, -0.1) is 0 Å². The lowest BCUT2D eigenvalue weighted by Crippen LogP contribution is -2.57. The van der Waals surface area contributed by atoms with E-state index in [1.807, 2.05) is 57.2 Å². The molecule has 228 valence electrons. The number of hydrogen-bond donors (Lipinski definition) is 5. The summed E-state index contributed by atoms with van der Waals surface area (Å²) >= 11 is 0. The molecule has 0 saturated carbocycles. The van der Waals surface area contributed by atoms with Gasteiger partial charge in [-0.25, -0.2) is 0 Å². The highest BCUT2D eigenvalue weighted by molar-refractivity contribution is 5.93. The van der Waals surface area contributed by atoms with Crippen molar-refractivity contribution in [2.24, 2.45) is 5.73 Å². The van der Waals surface area contributed by atoms with Gasteiger partial charge in [0.2, 0.25) is 23.6 Å². The number of likely N-dealkylation sites (N-methyl/N-ethyl adjacent to an activating group) is 1. The molecule has 42 heavy (non-hydrogen) atoms. The summed E-state index contributed by atoms with van der Waals surface area (Å²) in [6, 6.07) is 11.9. The van der Waals surface area contributed by atoms with Crippen LogP contribution in [0.4, 0.5) is 0 Å². The smallest absolute Gasteiger partial charge is 0.243 e. The summed E-state index contributed by atoms with van der Waals surface area (Å²) in [6.07, 6.45) is 2.15. The molecule has 0 aromatic heterocycles. The second-order valence-electron chi connectivity index (χ2n) is 12.0. The zero-order chi connectivity index (χ0) is 30.9. The third-order valence-corrected chi connectivity index (χ3v) is 7.55. The number of carbonyl (C=O) groups excluding carboxylic acids is 4. The Labute approximate surface area is 248 Å². The average molecular weight is 580 g/mol. The van der Waals surface area contributed by atoms with Crippen molar-refractivity contribution >= 4 is 23.6 Å². The van der Waals surface area contributed by atoms with Crippen molar-refractivity contribution in [1.29, 1.82) is 0 Å². The highest BCUT2D eigenvalue weighted by Crippen LogP contribution is 2.31. The van der Waals surface area contributed by atoms with Gasteiger partial charge in [0.15, 0.2) is 0 Å². The molecule has 2 aromatic carbocycles. The number of rotatable bonds is 6. The summed E-state index contributed by atoms with van der Waals surface area (Å²) in [6.45, 7) is 6.49. The number of carbonyl (C=O) groups is 4. The maximum atomic E-state index is 13.8. The third kappa shape index (κ3) is 9.30. The number of nitrogens with zero attached hydrogens (tertiary/aromatic N) is 1. The van der Waals surface area contributed by atoms with Gasteiger partial charge in [-0.1, -0.05) is 63.2 Å². The molecule has 0 aliphatic carbocycles. The minimum Gasteiger partial charge on any atom is -0.508 e. The van der Waals surface area contributed by atoms with Crippen LogP contribution in [0.2, 0.25) is 0 Å². The summed E-state index contributed by atoms with van der Waals surface area (Å²) in [4.78, 5) is 54.0. The molecule has 2 aromatic rings. The van der Waals surface area contributed by atoms with E-state index in [9.17, 15) is 24.3 Å². The van der Waals surface area contributed by atoms with Crippen LogP contribution in [-0.4, -0.2) is 71.9 Å². The maximum absolute atomic E-state index is 13.8. The van der Waals surface area contributed by atoms with Gasteiger partial charge in [0.1, 0.15) is 17.8 Å². The Kier molecular flexibility index (Phi) is 11.5. The zero-order valence-corrected chi connectivity index (χ0v) is 25.1. The summed E-state index contributed by atoms with van der Waals surface area (Å²) < 4.78 is 0. The topological polar surface area (TPSA) is 154 Å². The monoisotopic (exact) mass is 579 g/mol. The quantitative estimate of drug-likeness (QED) is 0.352. The van der Waals surface area contributed by atoms with Gasteiger partial charge in [0.25, 0.3) is 0 Å². The molecule has 3 atom stereocenters. The van der Waals surface area contributed by atoms with Crippen LogP contribution in [-0.2, 0) is 37.4 Å². The predicted molar refractivity (Wildman–Crippen MR) is 162 cm³/mol. The van der Waals surface area contributed by atoms with Crippen molar-refractivity contribution < 1.29 is 24.3 Å². The van der Waals surface area contributed by atoms with E-state index in [4.69, 9.17) is 5.73 Å². The Morgan fingerprint density at radius 1 is 1.00 bits per heavy atom. The van der Waals surface area contributed by atoms with E-state index in [2.05, 4.69) is 16.0 Å². The average Bonchev–Trinajstić information content (AvgIpc) is 2.94. The Morgan fingerprint density at radius 3 is 2.40 bits per heavy atom. The molecule has 1 saturated heterocycles. The third-order valence-electron chi connectivity index (χ3n) is 7.55. The number of nitrogens with two attached hydrogens (primary N) is 1. The van der Waals surface area contributed by atoms with E-state index in [1.165, 1.54) is 4.90 Å². The normalized spacial score (nSPS) is 20.0. The lowest BCUT2D eigenvalue weighted by atomic mass is 9.84. The molecule has 1 heterocycles. The van der Waals surface area contributed by atoms with E-state index >= 15 is 0 Å². The van der Waals surface area contributed by atoms with Crippen molar-refractivity contribution in [3.8, 4) is 5.75 Å². The van der Waals surface area contributed by atoms with Crippen LogP contribution in [0, 0.1) is 0 Å². The van der Waals surface area contributed by atoms with Gasteiger partial charge < -0.3 is 31.7 Å². The summed E-state index contributed by atoms with van der Waals surface area (Å²) in [7, 11) is 1.56. The lowest BCUT2D eigenvalue weighted by Gasteiger charge is -2.31. The molecule has 3 rings (SSSR count). The minimum absolute atomic E-state index is 0.121. The van der Waals surface area contributed by atoms with Crippen LogP contribution in [0.25, 0.3) is 0 Å². The Balaban J connectivity index is 1.86. The highest BCUT2D eigenvalue weighted by Gasteiger charge is 2.32. The first-order valence-corrected chi connectivity index (χ1v) is 14.6. The van der Waals surface area contributed by atoms with Gasteiger partial charge in [-0.05, 0) is 53.9 Å². The van der Waals surface area contributed by atoms with Crippen molar-refractivity contribution in [2.75, 3.05) is 20.1 Å². The zero-order valence-electron chi connectivity index (χ0n) is 25.1. The van der Waals surface area contributed by atoms with Crippen LogP contribution >= 0.6 is 0 Å². The van der Waals surface area contributed by atoms with Crippen LogP contribution in [0.3, 0.4) is 0 Å². The van der Waals surface area contributed by atoms with Gasteiger partial charge in [0.05, 0.1) is 6.04 Å². The van der Waals surface area contributed by atoms with Crippen LogP contribution < -0.4 is 21.7 Å². The molecule has 10 heteroatoms. The highest BCUT2D eigenvalue weighted by atomic mass is 16.3. The van der Waals surface area contributed by atoms with Gasteiger partial charge in [-0.3, -0.25) is 19.2 Å². The number of phenols is 1. The van der Waals surface area contributed by atoms with E-state index in [0.717, 1.165) is 16.7 Å². The van der Waals surface area contributed by atoms with Crippen molar-refractivity contribution in [3.63, 3.8) is 0 Å². The van der Waals surface area contributed by atoms with E-state index in [-0.39, 0.29) is 42.4 Å². The molecule has 4 amide bonds. The number of benzene rings is 2. The van der Waals surface area contributed by atoms with Crippen LogP contribution in [0.1, 0.15) is 63.1 Å².